The number of hydrogen-bond donors (Lipinski definition) is 1. The van der Waals surface area contributed by atoms with E-state index < -0.39 is 27.8 Å². The standard InChI is InChI=1S/C14H15FN2O3S/c1-9-7-13(17-20-9)16-14(18)10(2)21(19)8-11-5-3-4-6-12(11)15/h3-7,10H,8H2,1-2H3,(H,16,17,18)/t10-,21+/m1/s1. The van der Waals surface area contributed by atoms with Crippen molar-refractivity contribution in [1.29, 1.82) is 0 Å². The fraction of sp³-hybridized carbons (Fsp3) is 0.286. The molecule has 1 N–H and O–H groups in total. The molecule has 0 aliphatic heterocycles. The van der Waals surface area contributed by atoms with Gasteiger partial charge in [-0.15, -0.1) is 0 Å². The van der Waals surface area contributed by atoms with E-state index in [9.17, 15) is 13.4 Å². The minimum absolute atomic E-state index is 0.0148. The van der Waals surface area contributed by atoms with E-state index in [-0.39, 0.29) is 11.6 Å². The zero-order valence-electron chi connectivity index (χ0n) is 11.6. The average Bonchev–Trinajstić information content (AvgIpc) is 2.85. The highest BCUT2D eigenvalue weighted by atomic mass is 32.2. The number of amides is 1. The predicted octanol–water partition coefficient (Wildman–Crippen LogP) is 2.40. The maximum atomic E-state index is 13.5. The molecular formula is C14H15FN2O3S. The molecule has 0 radical (unpaired) electrons. The van der Waals surface area contributed by atoms with E-state index in [1.807, 2.05) is 0 Å². The molecule has 2 aromatic rings. The van der Waals surface area contributed by atoms with Crippen LogP contribution in [0.1, 0.15) is 18.2 Å². The number of aryl methyl sites for hydroxylation is 1. The van der Waals surface area contributed by atoms with Crippen molar-refractivity contribution in [2.45, 2.75) is 24.9 Å². The van der Waals surface area contributed by atoms with E-state index in [1.54, 1.807) is 31.2 Å². The van der Waals surface area contributed by atoms with Crippen LogP contribution >= 0.6 is 0 Å². The normalized spacial score (nSPS) is 13.7. The summed E-state index contributed by atoms with van der Waals surface area (Å²) in [7, 11) is -1.53. The van der Waals surface area contributed by atoms with Gasteiger partial charge in [0.25, 0.3) is 0 Å². The van der Waals surface area contributed by atoms with E-state index in [0.29, 0.717) is 11.3 Å². The van der Waals surface area contributed by atoms with Gasteiger partial charge < -0.3 is 9.84 Å². The summed E-state index contributed by atoms with van der Waals surface area (Å²) >= 11 is 0. The quantitative estimate of drug-likeness (QED) is 0.920. The lowest BCUT2D eigenvalue weighted by molar-refractivity contribution is -0.115. The highest BCUT2D eigenvalue weighted by Crippen LogP contribution is 2.13. The first-order chi connectivity index (χ1) is 9.97. The van der Waals surface area contributed by atoms with E-state index in [2.05, 4.69) is 10.5 Å². The van der Waals surface area contributed by atoms with Gasteiger partial charge in [0, 0.05) is 22.4 Å². The molecule has 0 saturated heterocycles. The molecule has 0 spiro atoms. The van der Waals surface area contributed by atoms with E-state index in [0.717, 1.165) is 0 Å². The van der Waals surface area contributed by atoms with Gasteiger partial charge >= 0.3 is 0 Å². The van der Waals surface area contributed by atoms with Crippen molar-refractivity contribution >= 4 is 22.5 Å². The number of rotatable bonds is 5. The smallest absolute Gasteiger partial charge is 0.241 e. The van der Waals surface area contributed by atoms with Gasteiger partial charge in [0.05, 0.1) is 5.75 Å². The van der Waals surface area contributed by atoms with Gasteiger partial charge in [0.2, 0.25) is 5.91 Å². The molecule has 2 atom stereocenters. The molecule has 0 saturated carbocycles. The molecule has 0 bridgehead atoms. The van der Waals surface area contributed by atoms with Gasteiger partial charge in [-0.05, 0) is 19.9 Å². The number of nitrogens with one attached hydrogen (secondary N) is 1. The molecule has 5 nitrogen and oxygen atoms in total. The fourth-order valence-corrected chi connectivity index (χ4v) is 2.75. The molecule has 1 amide bonds. The van der Waals surface area contributed by atoms with Gasteiger partial charge in [0.15, 0.2) is 5.82 Å². The lowest BCUT2D eigenvalue weighted by atomic mass is 10.2. The molecule has 0 aliphatic carbocycles. The van der Waals surface area contributed by atoms with Crippen LogP contribution in [0.2, 0.25) is 0 Å². The molecular weight excluding hydrogens is 295 g/mol. The summed E-state index contributed by atoms with van der Waals surface area (Å²) in [6.07, 6.45) is 0. The number of hydrogen-bond acceptors (Lipinski definition) is 4. The molecule has 7 heteroatoms. The summed E-state index contributed by atoms with van der Waals surface area (Å²) < 4.78 is 30.5. The third-order valence-corrected chi connectivity index (χ3v) is 4.50. The Morgan fingerprint density at radius 1 is 1.48 bits per heavy atom. The van der Waals surface area contributed by atoms with Crippen molar-refractivity contribution in [3.8, 4) is 0 Å². The summed E-state index contributed by atoms with van der Waals surface area (Å²) in [5.41, 5.74) is 0.327. The summed E-state index contributed by atoms with van der Waals surface area (Å²) in [5.74, 6) is -0.0553. The predicted molar refractivity (Wildman–Crippen MR) is 77.6 cm³/mol. The Balaban J connectivity index is 1.98. The first kappa shape index (κ1) is 15.4. The first-order valence-electron chi connectivity index (χ1n) is 6.32. The molecule has 1 heterocycles. The van der Waals surface area contributed by atoms with Crippen molar-refractivity contribution in [3.63, 3.8) is 0 Å². The maximum absolute atomic E-state index is 13.5. The molecule has 1 aromatic carbocycles. The monoisotopic (exact) mass is 310 g/mol. The number of aromatic nitrogens is 1. The van der Waals surface area contributed by atoms with Crippen LogP contribution in [-0.4, -0.2) is 20.5 Å². The van der Waals surface area contributed by atoms with Crippen molar-refractivity contribution in [1.82, 2.24) is 5.16 Å². The van der Waals surface area contributed by atoms with Crippen molar-refractivity contribution < 1.29 is 17.9 Å². The Labute approximate surface area is 124 Å². The highest BCUT2D eigenvalue weighted by Gasteiger charge is 2.22. The second kappa shape index (κ2) is 6.62. The second-order valence-electron chi connectivity index (χ2n) is 4.57. The zero-order chi connectivity index (χ0) is 15.4. The van der Waals surface area contributed by atoms with Crippen LogP contribution in [0.4, 0.5) is 10.2 Å². The number of nitrogens with zero attached hydrogens (tertiary/aromatic N) is 1. The Morgan fingerprint density at radius 3 is 2.81 bits per heavy atom. The number of benzene rings is 1. The van der Waals surface area contributed by atoms with Crippen LogP contribution in [0.15, 0.2) is 34.9 Å². The lowest BCUT2D eigenvalue weighted by Crippen LogP contribution is -2.30. The topological polar surface area (TPSA) is 72.2 Å². The summed E-state index contributed by atoms with van der Waals surface area (Å²) in [4.78, 5) is 12.0. The third kappa shape index (κ3) is 3.98. The fourth-order valence-electron chi connectivity index (χ4n) is 1.67. The molecule has 2 rings (SSSR count). The van der Waals surface area contributed by atoms with Gasteiger partial charge in [0.1, 0.15) is 16.8 Å². The minimum atomic E-state index is -1.53. The zero-order valence-corrected chi connectivity index (χ0v) is 12.4. The number of carbonyl (C=O) groups is 1. The van der Waals surface area contributed by atoms with Crippen LogP contribution in [0.5, 0.6) is 0 Å². The molecule has 0 fully saturated rings. The third-order valence-electron chi connectivity index (χ3n) is 2.90. The van der Waals surface area contributed by atoms with Gasteiger partial charge in [-0.2, -0.15) is 0 Å². The number of anilines is 1. The van der Waals surface area contributed by atoms with Crippen molar-refractivity contribution in [3.05, 3.63) is 47.5 Å². The SMILES string of the molecule is Cc1cc(NC(=O)[C@@H](C)[S@@](=O)Cc2ccccc2F)no1. The van der Waals surface area contributed by atoms with Gasteiger partial charge in [-0.3, -0.25) is 9.00 Å². The Bertz CT molecular complexity index is 672. The Kier molecular flexibility index (Phi) is 4.85. The molecule has 112 valence electrons. The highest BCUT2D eigenvalue weighted by molar-refractivity contribution is 7.85. The molecule has 1 aromatic heterocycles. The summed E-state index contributed by atoms with van der Waals surface area (Å²) in [6.45, 7) is 3.22. The summed E-state index contributed by atoms with van der Waals surface area (Å²) in [6, 6.07) is 7.64. The van der Waals surface area contributed by atoms with Crippen LogP contribution in [0.25, 0.3) is 0 Å². The summed E-state index contributed by atoms with van der Waals surface area (Å²) in [5, 5.41) is 5.35. The van der Waals surface area contributed by atoms with Crippen LogP contribution < -0.4 is 5.32 Å². The molecule has 0 unspecified atom stereocenters. The van der Waals surface area contributed by atoms with Crippen LogP contribution in [0, 0.1) is 12.7 Å². The molecule has 0 aliphatic rings. The Hall–Kier alpha value is -2.02. The van der Waals surface area contributed by atoms with Gasteiger partial charge in [-0.1, -0.05) is 23.4 Å². The van der Waals surface area contributed by atoms with Crippen LogP contribution in [0.3, 0.4) is 0 Å². The Morgan fingerprint density at radius 2 is 2.19 bits per heavy atom. The van der Waals surface area contributed by atoms with Crippen molar-refractivity contribution in [2.24, 2.45) is 0 Å². The van der Waals surface area contributed by atoms with Gasteiger partial charge in [-0.25, -0.2) is 4.39 Å². The van der Waals surface area contributed by atoms with Crippen LogP contribution in [-0.2, 0) is 21.3 Å². The van der Waals surface area contributed by atoms with E-state index in [4.69, 9.17) is 4.52 Å². The lowest BCUT2D eigenvalue weighted by Gasteiger charge is -2.11. The minimum Gasteiger partial charge on any atom is -0.360 e. The first-order valence-corrected chi connectivity index (χ1v) is 7.70. The second-order valence-corrected chi connectivity index (χ2v) is 6.33. The largest absolute Gasteiger partial charge is 0.360 e. The molecule has 21 heavy (non-hydrogen) atoms. The van der Waals surface area contributed by atoms with E-state index in [1.165, 1.54) is 13.0 Å². The maximum Gasteiger partial charge on any atom is 0.241 e. The average molecular weight is 310 g/mol. The number of carbonyl (C=O) groups excluding carboxylic acids is 1. The van der Waals surface area contributed by atoms with E-state index >= 15 is 0 Å². The number of halogens is 1. The van der Waals surface area contributed by atoms with Crippen molar-refractivity contribution in [2.75, 3.05) is 5.32 Å².